The summed E-state index contributed by atoms with van der Waals surface area (Å²) in [7, 11) is 0. The zero-order valence-electron chi connectivity index (χ0n) is 14.1. The lowest BCUT2D eigenvalue weighted by molar-refractivity contribution is -0.131. The minimum Gasteiger partial charge on any atom is -0.380 e. The molecule has 23 heavy (non-hydrogen) atoms. The van der Waals surface area contributed by atoms with Gasteiger partial charge in [0.1, 0.15) is 5.78 Å². The van der Waals surface area contributed by atoms with E-state index >= 15 is 0 Å². The highest BCUT2D eigenvalue weighted by atomic mass is 16.5. The number of carbonyl (C=O) groups excluding carboxylic acids is 3. The third-order valence-electron chi connectivity index (χ3n) is 3.70. The molecule has 2 amide bonds. The molecule has 0 saturated heterocycles. The molecule has 1 aliphatic carbocycles. The van der Waals surface area contributed by atoms with Gasteiger partial charge in [-0.15, -0.1) is 0 Å². The first-order chi connectivity index (χ1) is 11.0. The Morgan fingerprint density at radius 3 is 2.39 bits per heavy atom. The van der Waals surface area contributed by atoms with E-state index in [9.17, 15) is 14.4 Å². The largest absolute Gasteiger partial charge is 0.380 e. The highest BCUT2D eigenvalue weighted by molar-refractivity contribution is 5.81. The first kappa shape index (κ1) is 19.6. The van der Waals surface area contributed by atoms with E-state index in [2.05, 4.69) is 10.6 Å². The van der Waals surface area contributed by atoms with E-state index in [0.717, 1.165) is 0 Å². The van der Waals surface area contributed by atoms with Crippen LogP contribution in [0.2, 0.25) is 0 Å². The topological polar surface area (TPSA) is 93.7 Å². The molecule has 0 aromatic rings. The van der Waals surface area contributed by atoms with Crippen molar-refractivity contribution in [1.29, 1.82) is 0 Å². The van der Waals surface area contributed by atoms with Gasteiger partial charge in [-0.05, 0) is 26.7 Å². The van der Waals surface area contributed by atoms with Crippen LogP contribution in [0.4, 0.5) is 0 Å². The summed E-state index contributed by atoms with van der Waals surface area (Å²) in [5.41, 5.74) is 0. The third-order valence-corrected chi connectivity index (χ3v) is 3.70. The molecule has 7 nitrogen and oxygen atoms in total. The standard InChI is InChI=1S/C16H28N2O5/c1-3-22-9-6-17-16(21)13-10-14(11-13)18-15(20)5-8-23-7-4-12(2)19/h13-14H,3-11H2,1-2H3,(H,17,21)(H,18,20). The van der Waals surface area contributed by atoms with E-state index in [0.29, 0.717) is 52.2 Å². The van der Waals surface area contributed by atoms with Crippen molar-refractivity contribution in [1.82, 2.24) is 10.6 Å². The Bertz CT molecular complexity index is 394. The first-order valence-electron chi connectivity index (χ1n) is 8.25. The van der Waals surface area contributed by atoms with E-state index in [1.807, 2.05) is 6.92 Å². The average molecular weight is 328 g/mol. The zero-order chi connectivity index (χ0) is 17.1. The van der Waals surface area contributed by atoms with E-state index in [1.54, 1.807) is 0 Å². The van der Waals surface area contributed by atoms with Crippen molar-refractivity contribution in [3.05, 3.63) is 0 Å². The lowest BCUT2D eigenvalue weighted by atomic mass is 9.79. The molecule has 0 heterocycles. The van der Waals surface area contributed by atoms with E-state index in [1.165, 1.54) is 6.92 Å². The van der Waals surface area contributed by atoms with Crippen molar-refractivity contribution in [3.8, 4) is 0 Å². The summed E-state index contributed by atoms with van der Waals surface area (Å²) in [6.07, 6.45) is 2.01. The summed E-state index contributed by atoms with van der Waals surface area (Å²) in [6, 6.07) is 0.0716. The molecule has 2 N–H and O–H groups in total. The van der Waals surface area contributed by atoms with Gasteiger partial charge in [0.05, 0.1) is 19.8 Å². The van der Waals surface area contributed by atoms with Crippen molar-refractivity contribution in [3.63, 3.8) is 0 Å². The van der Waals surface area contributed by atoms with Crippen LogP contribution in [0.5, 0.6) is 0 Å². The predicted octanol–water partition coefficient (Wildman–Crippen LogP) is 0.420. The summed E-state index contributed by atoms with van der Waals surface area (Å²) in [5, 5.41) is 5.71. The normalized spacial score (nSPS) is 19.7. The van der Waals surface area contributed by atoms with Crippen LogP contribution in [-0.2, 0) is 23.9 Å². The number of hydrogen-bond acceptors (Lipinski definition) is 5. The number of Topliss-reactive ketones (excluding diaryl/α,β-unsaturated/α-hetero) is 1. The molecule has 0 bridgehead atoms. The van der Waals surface area contributed by atoms with Gasteiger partial charge >= 0.3 is 0 Å². The molecule has 0 unspecified atom stereocenters. The average Bonchev–Trinajstić information content (AvgIpc) is 2.46. The second-order valence-electron chi connectivity index (χ2n) is 5.74. The van der Waals surface area contributed by atoms with Crippen molar-refractivity contribution < 1.29 is 23.9 Å². The minimum atomic E-state index is -0.0759. The number of ketones is 1. The van der Waals surface area contributed by atoms with Gasteiger partial charge in [0, 0.05) is 38.0 Å². The molecule has 0 aliphatic heterocycles. The second-order valence-corrected chi connectivity index (χ2v) is 5.74. The molecule has 0 aromatic carbocycles. The second kappa shape index (κ2) is 11.1. The van der Waals surface area contributed by atoms with Gasteiger partial charge in [-0.3, -0.25) is 14.4 Å². The Morgan fingerprint density at radius 1 is 1.04 bits per heavy atom. The first-order valence-corrected chi connectivity index (χ1v) is 8.25. The Hall–Kier alpha value is -1.47. The Morgan fingerprint density at radius 2 is 1.74 bits per heavy atom. The summed E-state index contributed by atoms with van der Waals surface area (Å²) >= 11 is 0. The van der Waals surface area contributed by atoms with Gasteiger partial charge < -0.3 is 20.1 Å². The van der Waals surface area contributed by atoms with Gasteiger partial charge in [-0.25, -0.2) is 0 Å². The molecule has 1 aliphatic rings. The van der Waals surface area contributed by atoms with Crippen molar-refractivity contribution >= 4 is 17.6 Å². The van der Waals surface area contributed by atoms with Crippen molar-refractivity contribution in [2.45, 2.75) is 45.6 Å². The zero-order valence-corrected chi connectivity index (χ0v) is 14.1. The maximum Gasteiger partial charge on any atom is 0.223 e. The highest BCUT2D eigenvalue weighted by Crippen LogP contribution is 2.27. The Kier molecular flexibility index (Phi) is 9.47. The summed E-state index contributed by atoms with van der Waals surface area (Å²) < 4.78 is 10.4. The number of amides is 2. The van der Waals surface area contributed by atoms with E-state index < -0.39 is 0 Å². The molecule has 1 saturated carbocycles. The van der Waals surface area contributed by atoms with Gasteiger partial charge in [-0.2, -0.15) is 0 Å². The summed E-state index contributed by atoms with van der Waals surface area (Å²) in [6.45, 7) is 5.79. The Labute approximate surface area is 137 Å². The predicted molar refractivity (Wildman–Crippen MR) is 84.9 cm³/mol. The summed E-state index contributed by atoms with van der Waals surface area (Å²) in [4.78, 5) is 34.2. The molecule has 1 fully saturated rings. The fourth-order valence-electron chi connectivity index (χ4n) is 2.27. The van der Waals surface area contributed by atoms with Gasteiger partial charge in [0.25, 0.3) is 0 Å². The number of rotatable bonds is 12. The fourth-order valence-corrected chi connectivity index (χ4v) is 2.27. The van der Waals surface area contributed by atoms with Gasteiger partial charge in [0.2, 0.25) is 11.8 Å². The number of hydrogen-bond donors (Lipinski definition) is 2. The van der Waals surface area contributed by atoms with Crippen LogP contribution < -0.4 is 10.6 Å². The quantitative estimate of drug-likeness (QED) is 0.506. The molecule has 132 valence electrons. The van der Waals surface area contributed by atoms with Gasteiger partial charge in [-0.1, -0.05) is 0 Å². The lowest BCUT2D eigenvalue weighted by Crippen LogP contribution is -2.49. The highest BCUT2D eigenvalue weighted by Gasteiger charge is 2.34. The molecule has 1 rings (SSSR count). The molecule has 0 aromatic heterocycles. The van der Waals surface area contributed by atoms with E-state index in [4.69, 9.17) is 9.47 Å². The monoisotopic (exact) mass is 328 g/mol. The molecule has 0 atom stereocenters. The molecular formula is C16H28N2O5. The van der Waals surface area contributed by atoms with Gasteiger partial charge in [0.15, 0.2) is 0 Å². The lowest BCUT2D eigenvalue weighted by Gasteiger charge is -2.34. The van der Waals surface area contributed by atoms with Crippen LogP contribution in [0.3, 0.4) is 0 Å². The van der Waals surface area contributed by atoms with Crippen LogP contribution in [0, 0.1) is 5.92 Å². The molecular weight excluding hydrogens is 300 g/mol. The van der Waals surface area contributed by atoms with Crippen LogP contribution in [0.15, 0.2) is 0 Å². The molecule has 0 spiro atoms. The van der Waals surface area contributed by atoms with E-state index in [-0.39, 0.29) is 36.0 Å². The molecule has 0 radical (unpaired) electrons. The summed E-state index contributed by atoms with van der Waals surface area (Å²) in [5.74, 6) is 0.0130. The maximum absolute atomic E-state index is 11.8. The molecule has 7 heteroatoms. The van der Waals surface area contributed by atoms with Crippen LogP contribution in [0.1, 0.15) is 39.5 Å². The number of nitrogens with one attached hydrogen (secondary N) is 2. The smallest absolute Gasteiger partial charge is 0.223 e. The third kappa shape index (κ3) is 8.66. The minimum absolute atomic E-state index is 0.0197. The number of ether oxygens (including phenoxy) is 2. The van der Waals surface area contributed by atoms with Crippen LogP contribution in [-0.4, -0.2) is 56.6 Å². The maximum atomic E-state index is 11.8. The van der Waals surface area contributed by atoms with Crippen molar-refractivity contribution in [2.24, 2.45) is 5.92 Å². The number of carbonyl (C=O) groups is 3. The Balaban J connectivity index is 2.00. The van der Waals surface area contributed by atoms with Crippen LogP contribution >= 0.6 is 0 Å². The van der Waals surface area contributed by atoms with Crippen LogP contribution in [0.25, 0.3) is 0 Å². The fraction of sp³-hybridized carbons (Fsp3) is 0.812. The SMILES string of the molecule is CCOCCNC(=O)C1CC(NC(=O)CCOCCC(C)=O)C1. The van der Waals surface area contributed by atoms with Crippen molar-refractivity contribution in [2.75, 3.05) is 33.0 Å².